The summed E-state index contributed by atoms with van der Waals surface area (Å²) in [6.45, 7) is 3.97. The summed E-state index contributed by atoms with van der Waals surface area (Å²) in [5.41, 5.74) is 7.53. The molecule has 1 aromatic rings. The van der Waals surface area contributed by atoms with Crippen molar-refractivity contribution in [1.29, 1.82) is 0 Å². The first kappa shape index (κ1) is 9.58. The Morgan fingerprint density at radius 2 is 2.08 bits per heavy atom. The van der Waals surface area contributed by atoms with Crippen LogP contribution < -0.4 is 5.73 Å². The van der Waals surface area contributed by atoms with Crippen LogP contribution in [0.1, 0.15) is 35.7 Å². The van der Waals surface area contributed by atoms with Crippen molar-refractivity contribution >= 4 is 11.7 Å². The third kappa shape index (κ3) is 1.99. The molecule has 0 fully saturated rings. The molecule has 1 rings (SSSR count). The highest BCUT2D eigenvalue weighted by Crippen LogP contribution is 2.22. The molecule has 0 saturated carbocycles. The van der Waals surface area contributed by atoms with Gasteiger partial charge in [0.15, 0.2) is 0 Å². The zero-order chi connectivity index (χ0) is 10.0. The van der Waals surface area contributed by atoms with Crippen LogP contribution in [0.25, 0.3) is 0 Å². The number of nitrogen functional groups attached to an aromatic ring is 1. The first-order chi connectivity index (χ1) is 6.02. The van der Waals surface area contributed by atoms with Crippen LogP contribution in [0.15, 0.2) is 18.2 Å². The molecule has 3 heteroatoms. The lowest BCUT2D eigenvalue weighted by atomic mass is 9.99. The predicted molar refractivity (Wildman–Crippen MR) is 51.9 cm³/mol. The van der Waals surface area contributed by atoms with E-state index in [-0.39, 0.29) is 11.5 Å². The second-order valence-corrected chi connectivity index (χ2v) is 3.30. The van der Waals surface area contributed by atoms with Gasteiger partial charge in [0.25, 0.3) is 0 Å². The van der Waals surface area contributed by atoms with Crippen LogP contribution in [0.4, 0.5) is 5.69 Å². The minimum Gasteiger partial charge on any atom is -0.478 e. The molecule has 0 heterocycles. The van der Waals surface area contributed by atoms with Crippen molar-refractivity contribution in [2.45, 2.75) is 19.8 Å². The summed E-state index contributed by atoms with van der Waals surface area (Å²) >= 11 is 0. The van der Waals surface area contributed by atoms with Crippen molar-refractivity contribution in [2.24, 2.45) is 0 Å². The van der Waals surface area contributed by atoms with Gasteiger partial charge >= 0.3 is 5.97 Å². The van der Waals surface area contributed by atoms with Gasteiger partial charge in [-0.1, -0.05) is 13.8 Å². The number of rotatable bonds is 2. The molecule has 0 atom stereocenters. The quantitative estimate of drug-likeness (QED) is 0.683. The minimum atomic E-state index is -0.915. The molecule has 0 unspecified atom stereocenters. The van der Waals surface area contributed by atoms with Crippen LogP contribution >= 0.6 is 0 Å². The fourth-order valence-corrected chi connectivity index (χ4v) is 1.21. The van der Waals surface area contributed by atoms with Crippen molar-refractivity contribution < 1.29 is 9.90 Å². The summed E-state index contributed by atoms with van der Waals surface area (Å²) in [5.74, 6) is -0.666. The summed E-state index contributed by atoms with van der Waals surface area (Å²) in [6, 6.07) is 4.78. The van der Waals surface area contributed by atoms with E-state index in [9.17, 15) is 4.79 Å². The zero-order valence-electron chi connectivity index (χ0n) is 7.74. The monoisotopic (exact) mass is 179 g/mol. The maximum absolute atomic E-state index is 10.6. The van der Waals surface area contributed by atoms with E-state index in [4.69, 9.17) is 10.8 Å². The lowest BCUT2D eigenvalue weighted by Crippen LogP contribution is -2.02. The fraction of sp³-hybridized carbons (Fsp3) is 0.300. The largest absolute Gasteiger partial charge is 0.478 e. The summed E-state index contributed by atoms with van der Waals surface area (Å²) in [4.78, 5) is 10.6. The van der Waals surface area contributed by atoms with Crippen molar-refractivity contribution in [3.05, 3.63) is 29.3 Å². The van der Waals surface area contributed by atoms with Gasteiger partial charge in [-0.3, -0.25) is 0 Å². The van der Waals surface area contributed by atoms with Crippen LogP contribution in [0, 0.1) is 0 Å². The SMILES string of the molecule is CC(C)c1cc(C(=O)O)ccc1N. The highest BCUT2D eigenvalue weighted by Gasteiger charge is 2.08. The Morgan fingerprint density at radius 3 is 2.54 bits per heavy atom. The number of benzene rings is 1. The van der Waals surface area contributed by atoms with Gasteiger partial charge in [-0.15, -0.1) is 0 Å². The van der Waals surface area contributed by atoms with Crippen LogP contribution in [-0.2, 0) is 0 Å². The van der Waals surface area contributed by atoms with Crippen LogP contribution in [0.5, 0.6) is 0 Å². The van der Waals surface area contributed by atoms with E-state index in [2.05, 4.69) is 0 Å². The van der Waals surface area contributed by atoms with Crippen LogP contribution in [0.3, 0.4) is 0 Å². The number of hydrogen-bond acceptors (Lipinski definition) is 2. The van der Waals surface area contributed by atoms with Gasteiger partial charge in [-0.25, -0.2) is 4.79 Å². The molecule has 3 N–H and O–H groups in total. The lowest BCUT2D eigenvalue weighted by Gasteiger charge is -2.09. The Kier molecular flexibility index (Phi) is 2.56. The van der Waals surface area contributed by atoms with E-state index in [1.54, 1.807) is 12.1 Å². The average Bonchev–Trinajstić information content (AvgIpc) is 2.04. The Balaban J connectivity index is 3.19. The molecule has 70 valence electrons. The van der Waals surface area contributed by atoms with Gasteiger partial charge in [0.2, 0.25) is 0 Å². The van der Waals surface area contributed by atoms with E-state index in [0.717, 1.165) is 5.56 Å². The van der Waals surface area contributed by atoms with Gasteiger partial charge in [0.05, 0.1) is 5.56 Å². The smallest absolute Gasteiger partial charge is 0.335 e. The van der Waals surface area contributed by atoms with Crippen molar-refractivity contribution in [1.82, 2.24) is 0 Å². The maximum atomic E-state index is 10.6. The Labute approximate surface area is 77.2 Å². The molecule has 0 amide bonds. The second kappa shape index (κ2) is 3.47. The number of hydrogen-bond donors (Lipinski definition) is 2. The van der Waals surface area contributed by atoms with Gasteiger partial charge in [0.1, 0.15) is 0 Å². The van der Waals surface area contributed by atoms with Crippen LogP contribution in [-0.4, -0.2) is 11.1 Å². The van der Waals surface area contributed by atoms with Crippen molar-refractivity contribution in [3.63, 3.8) is 0 Å². The molecule has 0 saturated heterocycles. The third-order valence-electron chi connectivity index (χ3n) is 1.96. The Bertz CT molecular complexity index is 332. The maximum Gasteiger partial charge on any atom is 0.335 e. The highest BCUT2D eigenvalue weighted by molar-refractivity contribution is 5.88. The van der Waals surface area contributed by atoms with Crippen LogP contribution in [0.2, 0.25) is 0 Å². The average molecular weight is 179 g/mol. The topological polar surface area (TPSA) is 63.3 Å². The summed E-state index contributed by atoms with van der Waals surface area (Å²) in [7, 11) is 0. The molecule has 3 nitrogen and oxygen atoms in total. The van der Waals surface area contributed by atoms with Gasteiger partial charge in [-0.2, -0.15) is 0 Å². The van der Waals surface area contributed by atoms with Crippen molar-refractivity contribution in [3.8, 4) is 0 Å². The molecule has 0 aromatic heterocycles. The summed E-state index contributed by atoms with van der Waals surface area (Å²) in [5, 5.41) is 8.74. The number of nitrogens with two attached hydrogens (primary N) is 1. The molecule has 0 bridgehead atoms. The predicted octanol–water partition coefficient (Wildman–Crippen LogP) is 2.09. The highest BCUT2D eigenvalue weighted by atomic mass is 16.4. The molecule has 0 spiro atoms. The molecule has 0 aliphatic heterocycles. The number of carboxylic acid groups (broad SMARTS) is 1. The molecule has 0 radical (unpaired) electrons. The Morgan fingerprint density at radius 1 is 1.46 bits per heavy atom. The summed E-state index contributed by atoms with van der Waals surface area (Å²) in [6.07, 6.45) is 0. The number of anilines is 1. The first-order valence-electron chi connectivity index (χ1n) is 4.15. The van der Waals surface area contributed by atoms with E-state index in [1.807, 2.05) is 13.8 Å². The number of carboxylic acids is 1. The fourth-order valence-electron chi connectivity index (χ4n) is 1.21. The molecular formula is C10H13NO2. The number of aromatic carboxylic acids is 1. The molecule has 1 aromatic carbocycles. The van der Waals surface area contributed by atoms with E-state index >= 15 is 0 Å². The van der Waals surface area contributed by atoms with E-state index < -0.39 is 5.97 Å². The third-order valence-corrected chi connectivity index (χ3v) is 1.96. The number of carbonyl (C=O) groups is 1. The van der Waals surface area contributed by atoms with E-state index in [0.29, 0.717) is 5.69 Å². The molecular weight excluding hydrogens is 166 g/mol. The van der Waals surface area contributed by atoms with Gasteiger partial charge in [-0.05, 0) is 29.7 Å². The zero-order valence-corrected chi connectivity index (χ0v) is 7.74. The Hall–Kier alpha value is -1.51. The molecule has 0 aliphatic carbocycles. The first-order valence-corrected chi connectivity index (χ1v) is 4.15. The molecule has 13 heavy (non-hydrogen) atoms. The molecule has 0 aliphatic rings. The lowest BCUT2D eigenvalue weighted by molar-refractivity contribution is 0.0697. The van der Waals surface area contributed by atoms with Gasteiger partial charge < -0.3 is 10.8 Å². The summed E-state index contributed by atoms with van der Waals surface area (Å²) < 4.78 is 0. The normalized spacial score (nSPS) is 10.4. The van der Waals surface area contributed by atoms with Crippen molar-refractivity contribution in [2.75, 3.05) is 5.73 Å². The second-order valence-electron chi connectivity index (χ2n) is 3.30. The standard InChI is InChI=1S/C10H13NO2/c1-6(2)8-5-7(10(12)13)3-4-9(8)11/h3-6H,11H2,1-2H3,(H,12,13). The van der Waals surface area contributed by atoms with Gasteiger partial charge in [0, 0.05) is 5.69 Å². The minimum absolute atomic E-state index is 0.249. The van der Waals surface area contributed by atoms with E-state index in [1.165, 1.54) is 6.07 Å².